The van der Waals surface area contributed by atoms with Crippen LogP contribution in [0, 0.1) is 5.82 Å². The van der Waals surface area contributed by atoms with Gasteiger partial charge in [0.25, 0.3) is 0 Å². The summed E-state index contributed by atoms with van der Waals surface area (Å²) in [5.74, 6) is -0.372. The molecule has 72 valence electrons. The molecule has 0 spiro atoms. The van der Waals surface area contributed by atoms with Gasteiger partial charge in [-0.3, -0.25) is 0 Å². The maximum atomic E-state index is 12.7. The Morgan fingerprint density at radius 2 is 2.31 bits per heavy atom. The summed E-state index contributed by atoms with van der Waals surface area (Å²) >= 11 is 5.76. The molecule has 0 saturated heterocycles. The van der Waals surface area contributed by atoms with Crippen molar-refractivity contribution >= 4 is 11.6 Å². The number of ether oxygens (including phenoxy) is 1. The molecule has 0 amide bonds. The fourth-order valence-electron chi connectivity index (χ4n) is 0.971. The minimum absolute atomic E-state index is 0.188. The van der Waals surface area contributed by atoms with E-state index in [2.05, 4.69) is 4.74 Å². The molecule has 0 aromatic heterocycles. The van der Waals surface area contributed by atoms with E-state index in [0.717, 1.165) is 0 Å². The summed E-state index contributed by atoms with van der Waals surface area (Å²) in [7, 11) is 1.37. The Bertz CT molecular complexity index is 291. The molecule has 2 nitrogen and oxygen atoms in total. The minimum Gasteiger partial charge on any atom is -0.368 e. The van der Waals surface area contributed by atoms with E-state index in [9.17, 15) is 4.39 Å². The third kappa shape index (κ3) is 2.95. The van der Waals surface area contributed by atoms with Crippen molar-refractivity contribution in [2.24, 2.45) is 0 Å². The van der Waals surface area contributed by atoms with Crippen LogP contribution in [0.2, 0.25) is 5.02 Å². The molecule has 0 aliphatic rings. The molecule has 0 heterocycles. The van der Waals surface area contributed by atoms with Crippen molar-refractivity contribution in [2.75, 3.05) is 7.11 Å². The summed E-state index contributed by atoms with van der Waals surface area (Å²) in [5.41, 5.74) is 0.538. The Hall–Kier alpha value is -0.640. The highest BCUT2D eigenvalue weighted by Gasteiger charge is 2.07. The molecule has 1 aromatic carbocycles. The Morgan fingerprint density at radius 3 is 2.92 bits per heavy atom. The van der Waals surface area contributed by atoms with Gasteiger partial charge in [0.1, 0.15) is 5.82 Å². The maximum Gasteiger partial charge on any atom is 0.158 e. The van der Waals surface area contributed by atoms with Gasteiger partial charge >= 0.3 is 0 Å². The highest BCUT2D eigenvalue weighted by atomic mass is 35.5. The first kappa shape index (κ1) is 10.4. The molecule has 0 aliphatic carbocycles. The molecule has 0 aliphatic heterocycles. The van der Waals surface area contributed by atoms with Crippen LogP contribution < -0.4 is 0 Å². The van der Waals surface area contributed by atoms with Crippen LogP contribution in [0.4, 0.5) is 4.39 Å². The molecule has 1 rings (SSSR count). The zero-order valence-corrected chi connectivity index (χ0v) is 7.88. The quantitative estimate of drug-likeness (QED) is 0.763. The van der Waals surface area contributed by atoms with Crippen LogP contribution in [0.3, 0.4) is 0 Å². The average Bonchev–Trinajstić information content (AvgIpc) is 2.11. The molecular formula is C9H10ClFO2. The molecule has 0 bridgehead atoms. The number of halogens is 2. The zero-order valence-electron chi connectivity index (χ0n) is 7.13. The predicted molar refractivity (Wildman–Crippen MR) is 48.1 cm³/mol. The molecule has 0 fully saturated rings. The van der Waals surface area contributed by atoms with Crippen molar-refractivity contribution in [1.82, 2.24) is 0 Å². The molecule has 0 radical (unpaired) electrons. The molecule has 13 heavy (non-hydrogen) atoms. The van der Waals surface area contributed by atoms with Crippen LogP contribution in [0.25, 0.3) is 0 Å². The third-order valence-corrected chi connectivity index (χ3v) is 2.04. The van der Waals surface area contributed by atoms with Gasteiger partial charge in [0.2, 0.25) is 0 Å². The van der Waals surface area contributed by atoms with Crippen LogP contribution in [0.15, 0.2) is 18.2 Å². The third-order valence-electron chi connectivity index (χ3n) is 1.67. The first-order chi connectivity index (χ1) is 6.13. The standard InChI is InChI=1S/C9H10ClFO2/c1-13-9(12)5-6-4-7(11)2-3-8(6)10/h2-4,9,12H,5H2,1H3. The second-order valence-corrected chi connectivity index (χ2v) is 3.04. The van der Waals surface area contributed by atoms with Crippen LogP contribution in [0.1, 0.15) is 5.56 Å². The normalized spacial score (nSPS) is 12.9. The lowest BCUT2D eigenvalue weighted by molar-refractivity contribution is -0.0720. The van der Waals surface area contributed by atoms with E-state index < -0.39 is 6.29 Å². The van der Waals surface area contributed by atoms with Gasteiger partial charge in [-0.2, -0.15) is 0 Å². The topological polar surface area (TPSA) is 29.5 Å². The van der Waals surface area contributed by atoms with E-state index in [1.807, 2.05) is 0 Å². The van der Waals surface area contributed by atoms with E-state index in [1.54, 1.807) is 0 Å². The fraction of sp³-hybridized carbons (Fsp3) is 0.333. The van der Waals surface area contributed by atoms with Crippen LogP contribution in [-0.2, 0) is 11.2 Å². The monoisotopic (exact) mass is 204 g/mol. The fourth-order valence-corrected chi connectivity index (χ4v) is 1.17. The van der Waals surface area contributed by atoms with Gasteiger partial charge in [-0.15, -0.1) is 0 Å². The smallest absolute Gasteiger partial charge is 0.158 e. The van der Waals surface area contributed by atoms with Gasteiger partial charge in [0.15, 0.2) is 6.29 Å². The first-order valence-corrected chi connectivity index (χ1v) is 4.16. The summed E-state index contributed by atoms with van der Waals surface area (Å²) in [5, 5.41) is 9.55. The second-order valence-electron chi connectivity index (χ2n) is 2.63. The van der Waals surface area contributed by atoms with Gasteiger partial charge in [-0.1, -0.05) is 11.6 Å². The summed E-state index contributed by atoms with van der Waals surface area (Å²) < 4.78 is 17.3. The zero-order chi connectivity index (χ0) is 9.84. The largest absolute Gasteiger partial charge is 0.368 e. The number of hydrogen-bond donors (Lipinski definition) is 1. The number of aliphatic hydroxyl groups excluding tert-OH is 1. The molecule has 4 heteroatoms. The van der Waals surface area contributed by atoms with Crippen molar-refractivity contribution in [2.45, 2.75) is 12.7 Å². The number of benzene rings is 1. The Kier molecular flexibility index (Phi) is 3.66. The number of methoxy groups -OCH3 is 1. The second kappa shape index (κ2) is 4.56. The summed E-state index contributed by atoms with van der Waals surface area (Å²) in [6, 6.07) is 4.00. The number of hydrogen-bond acceptors (Lipinski definition) is 2. The van der Waals surface area contributed by atoms with E-state index in [4.69, 9.17) is 16.7 Å². The van der Waals surface area contributed by atoms with Crippen LogP contribution >= 0.6 is 11.6 Å². The molecule has 1 atom stereocenters. The molecule has 0 saturated carbocycles. The lowest BCUT2D eigenvalue weighted by atomic mass is 10.1. The van der Waals surface area contributed by atoms with Crippen molar-refractivity contribution in [3.05, 3.63) is 34.6 Å². The van der Waals surface area contributed by atoms with Crippen LogP contribution in [-0.4, -0.2) is 18.5 Å². The Balaban J connectivity index is 2.81. The molecule has 1 N–H and O–H groups in total. The van der Waals surface area contributed by atoms with E-state index in [-0.39, 0.29) is 12.2 Å². The predicted octanol–water partition coefficient (Wildman–Crippen LogP) is 1.99. The Morgan fingerprint density at radius 1 is 1.62 bits per heavy atom. The van der Waals surface area contributed by atoms with E-state index >= 15 is 0 Å². The van der Waals surface area contributed by atoms with E-state index in [0.29, 0.717) is 10.6 Å². The van der Waals surface area contributed by atoms with Crippen molar-refractivity contribution in [1.29, 1.82) is 0 Å². The maximum absolute atomic E-state index is 12.7. The highest BCUT2D eigenvalue weighted by Crippen LogP contribution is 2.18. The number of aliphatic hydroxyl groups is 1. The lowest BCUT2D eigenvalue weighted by Gasteiger charge is -2.09. The average molecular weight is 205 g/mol. The summed E-state index contributed by atoms with van der Waals surface area (Å²) in [6.45, 7) is 0. The molecule has 1 aromatic rings. The number of rotatable bonds is 3. The van der Waals surface area contributed by atoms with Gasteiger partial charge in [0.05, 0.1) is 0 Å². The SMILES string of the molecule is COC(O)Cc1cc(F)ccc1Cl. The highest BCUT2D eigenvalue weighted by molar-refractivity contribution is 6.31. The minimum atomic E-state index is -0.945. The van der Waals surface area contributed by atoms with Crippen molar-refractivity contribution in [3.8, 4) is 0 Å². The molecule has 1 unspecified atom stereocenters. The van der Waals surface area contributed by atoms with E-state index in [1.165, 1.54) is 25.3 Å². The van der Waals surface area contributed by atoms with Gasteiger partial charge in [-0.05, 0) is 23.8 Å². The van der Waals surface area contributed by atoms with Crippen molar-refractivity contribution in [3.63, 3.8) is 0 Å². The summed E-state index contributed by atoms with van der Waals surface area (Å²) in [4.78, 5) is 0. The first-order valence-electron chi connectivity index (χ1n) is 3.78. The van der Waals surface area contributed by atoms with Crippen LogP contribution in [0.5, 0.6) is 0 Å². The van der Waals surface area contributed by atoms with Gasteiger partial charge in [-0.25, -0.2) is 4.39 Å². The molecular weight excluding hydrogens is 195 g/mol. The summed E-state index contributed by atoms with van der Waals surface area (Å²) in [6.07, 6.45) is -0.758. The lowest BCUT2D eigenvalue weighted by Crippen LogP contribution is -2.12. The Labute approximate surface area is 80.9 Å². The van der Waals surface area contributed by atoms with Gasteiger partial charge in [0, 0.05) is 18.6 Å². The van der Waals surface area contributed by atoms with Gasteiger partial charge < -0.3 is 9.84 Å². The van der Waals surface area contributed by atoms with Crippen molar-refractivity contribution < 1.29 is 14.2 Å².